The molecule has 0 aromatic carbocycles. The van der Waals surface area contributed by atoms with Gasteiger partial charge in [0, 0.05) is 18.3 Å². The predicted octanol–water partition coefficient (Wildman–Crippen LogP) is 1.45. The smallest absolute Gasteiger partial charge is 0.160 e. The van der Waals surface area contributed by atoms with E-state index in [1.54, 1.807) is 0 Å². The molecule has 106 valence electrons. The van der Waals surface area contributed by atoms with Crippen LogP contribution >= 0.6 is 0 Å². The lowest BCUT2D eigenvalue weighted by atomic mass is 9.97. The first-order chi connectivity index (χ1) is 9.90. The van der Waals surface area contributed by atoms with Crippen LogP contribution in [0.3, 0.4) is 0 Å². The minimum Gasteiger partial charge on any atom is -0.307 e. The Labute approximate surface area is 119 Å². The first-order valence-corrected chi connectivity index (χ1v) is 7.66. The fraction of sp³-hybridized carbons (Fsp3) is 0.600. The summed E-state index contributed by atoms with van der Waals surface area (Å²) in [5, 5.41) is 12.2. The number of hydrogen-bond donors (Lipinski definition) is 1. The summed E-state index contributed by atoms with van der Waals surface area (Å²) in [6.07, 6.45) is 7.34. The van der Waals surface area contributed by atoms with E-state index >= 15 is 0 Å². The Morgan fingerprint density at radius 3 is 3.20 bits per heavy atom. The molecular weight excluding hydrogens is 250 g/mol. The fourth-order valence-electron chi connectivity index (χ4n) is 3.66. The Kier molecular flexibility index (Phi) is 3.16. The van der Waals surface area contributed by atoms with E-state index in [1.165, 1.54) is 38.8 Å². The molecule has 5 nitrogen and oxygen atoms in total. The highest BCUT2D eigenvalue weighted by Crippen LogP contribution is 2.26. The number of rotatable bonds is 3. The number of nitrogens with one attached hydrogen (secondary N) is 1. The molecule has 2 aliphatic rings. The zero-order chi connectivity index (χ0) is 13.4. The van der Waals surface area contributed by atoms with E-state index in [9.17, 15) is 0 Å². The number of nitrogens with zero attached hydrogens (tertiary/aromatic N) is 4. The second-order valence-corrected chi connectivity index (χ2v) is 5.98. The molecule has 4 rings (SSSR count). The first-order valence-electron chi connectivity index (χ1n) is 7.66. The Morgan fingerprint density at radius 1 is 1.20 bits per heavy atom. The van der Waals surface area contributed by atoms with E-state index in [-0.39, 0.29) is 0 Å². The summed E-state index contributed by atoms with van der Waals surface area (Å²) >= 11 is 0. The first kappa shape index (κ1) is 12.3. The second-order valence-electron chi connectivity index (χ2n) is 5.98. The van der Waals surface area contributed by atoms with Crippen LogP contribution in [-0.4, -0.2) is 44.7 Å². The summed E-state index contributed by atoms with van der Waals surface area (Å²) in [7, 11) is 0. The maximum absolute atomic E-state index is 4.29. The third-order valence-corrected chi connectivity index (χ3v) is 4.75. The minimum atomic E-state index is 0.630. The van der Waals surface area contributed by atoms with Crippen LogP contribution in [0.2, 0.25) is 0 Å². The largest absolute Gasteiger partial charge is 0.307 e. The van der Waals surface area contributed by atoms with Crippen LogP contribution in [0.5, 0.6) is 0 Å². The van der Waals surface area contributed by atoms with Crippen LogP contribution in [0.25, 0.3) is 5.65 Å². The molecule has 2 unspecified atom stereocenters. The van der Waals surface area contributed by atoms with E-state index in [1.807, 2.05) is 24.4 Å². The standard InChI is InChI=1S/C15H21N5/c1-2-8-20-14(5-1)17-18-15(20)11-16-12-6-9-19-7-3-4-13(19)10-12/h1-2,5,8,12-13,16H,3-4,6-7,9-11H2. The van der Waals surface area contributed by atoms with Crippen molar-refractivity contribution in [2.24, 2.45) is 0 Å². The number of aromatic nitrogens is 3. The van der Waals surface area contributed by atoms with Crippen molar-refractivity contribution in [2.75, 3.05) is 13.1 Å². The highest BCUT2D eigenvalue weighted by molar-refractivity contribution is 5.36. The third-order valence-electron chi connectivity index (χ3n) is 4.75. The monoisotopic (exact) mass is 271 g/mol. The molecule has 0 saturated carbocycles. The minimum absolute atomic E-state index is 0.630. The molecule has 0 aliphatic carbocycles. The van der Waals surface area contributed by atoms with Crippen LogP contribution in [0.1, 0.15) is 31.5 Å². The molecule has 0 radical (unpaired) electrons. The molecule has 0 amide bonds. The van der Waals surface area contributed by atoms with E-state index in [2.05, 4.69) is 24.8 Å². The number of fused-ring (bicyclic) bond motifs is 2. The summed E-state index contributed by atoms with van der Waals surface area (Å²) in [6, 6.07) is 7.46. The Hall–Kier alpha value is -1.46. The Balaban J connectivity index is 1.40. The van der Waals surface area contributed by atoms with Gasteiger partial charge in [-0.2, -0.15) is 0 Å². The molecule has 2 saturated heterocycles. The highest BCUT2D eigenvalue weighted by atomic mass is 15.3. The molecular formula is C15H21N5. The van der Waals surface area contributed by atoms with E-state index in [0.29, 0.717) is 6.04 Å². The van der Waals surface area contributed by atoms with Crippen molar-refractivity contribution in [2.45, 2.75) is 44.3 Å². The van der Waals surface area contributed by atoms with E-state index in [0.717, 1.165) is 24.1 Å². The maximum atomic E-state index is 4.29. The van der Waals surface area contributed by atoms with E-state index < -0.39 is 0 Å². The van der Waals surface area contributed by atoms with Gasteiger partial charge in [0.1, 0.15) is 0 Å². The summed E-state index contributed by atoms with van der Waals surface area (Å²) in [5.41, 5.74) is 0.926. The van der Waals surface area contributed by atoms with Gasteiger partial charge in [0.05, 0.1) is 6.54 Å². The molecule has 2 aliphatic heterocycles. The summed E-state index contributed by atoms with van der Waals surface area (Å²) in [6.45, 7) is 3.37. The predicted molar refractivity (Wildman–Crippen MR) is 77.4 cm³/mol. The Bertz CT molecular complexity index is 593. The van der Waals surface area contributed by atoms with Gasteiger partial charge < -0.3 is 10.2 Å². The van der Waals surface area contributed by atoms with Crippen molar-refractivity contribution < 1.29 is 0 Å². The molecule has 2 aromatic rings. The van der Waals surface area contributed by atoms with Crippen molar-refractivity contribution in [1.82, 2.24) is 24.8 Å². The number of piperidine rings is 1. The molecule has 2 atom stereocenters. The molecule has 2 fully saturated rings. The lowest BCUT2D eigenvalue weighted by Gasteiger charge is -2.35. The van der Waals surface area contributed by atoms with Crippen molar-refractivity contribution >= 4 is 5.65 Å². The van der Waals surface area contributed by atoms with Gasteiger partial charge in [0.25, 0.3) is 0 Å². The van der Waals surface area contributed by atoms with Crippen molar-refractivity contribution in [3.63, 3.8) is 0 Å². The number of pyridine rings is 1. The van der Waals surface area contributed by atoms with Gasteiger partial charge in [0.2, 0.25) is 0 Å². The lowest BCUT2D eigenvalue weighted by Crippen LogP contribution is -2.45. The van der Waals surface area contributed by atoms with Crippen LogP contribution in [0.15, 0.2) is 24.4 Å². The van der Waals surface area contributed by atoms with Crippen molar-refractivity contribution in [3.05, 3.63) is 30.2 Å². The lowest BCUT2D eigenvalue weighted by molar-refractivity contribution is 0.166. The summed E-state index contributed by atoms with van der Waals surface area (Å²) in [4.78, 5) is 2.66. The summed E-state index contributed by atoms with van der Waals surface area (Å²) in [5.74, 6) is 1.01. The van der Waals surface area contributed by atoms with Gasteiger partial charge in [-0.1, -0.05) is 6.07 Å². The molecule has 4 heterocycles. The second kappa shape index (κ2) is 5.14. The normalized spacial score (nSPS) is 27.0. The van der Waals surface area contributed by atoms with Gasteiger partial charge in [-0.05, 0) is 50.9 Å². The maximum Gasteiger partial charge on any atom is 0.160 e. The van der Waals surface area contributed by atoms with Crippen molar-refractivity contribution in [3.8, 4) is 0 Å². The SMILES string of the molecule is c1ccn2c(CNC3CCN4CCCC4C3)nnc2c1. The van der Waals surface area contributed by atoms with Crippen LogP contribution in [-0.2, 0) is 6.54 Å². The quantitative estimate of drug-likeness (QED) is 0.917. The summed E-state index contributed by atoms with van der Waals surface area (Å²) < 4.78 is 2.07. The van der Waals surface area contributed by atoms with Crippen LogP contribution < -0.4 is 5.32 Å². The average molecular weight is 271 g/mol. The topological polar surface area (TPSA) is 45.5 Å². The molecule has 0 spiro atoms. The molecule has 2 aromatic heterocycles. The van der Waals surface area contributed by atoms with Gasteiger partial charge in [-0.25, -0.2) is 0 Å². The third kappa shape index (κ3) is 2.21. The zero-order valence-electron chi connectivity index (χ0n) is 11.7. The van der Waals surface area contributed by atoms with Crippen molar-refractivity contribution in [1.29, 1.82) is 0 Å². The van der Waals surface area contributed by atoms with E-state index in [4.69, 9.17) is 0 Å². The molecule has 5 heteroatoms. The van der Waals surface area contributed by atoms with Gasteiger partial charge in [-0.15, -0.1) is 10.2 Å². The van der Waals surface area contributed by atoms with Crippen LogP contribution in [0.4, 0.5) is 0 Å². The fourth-order valence-corrected chi connectivity index (χ4v) is 3.66. The number of hydrogen-bond acceptors (Lipinski definition) is 4. The molecule has 1 N–H and O–H groups in total. The molecule has 20 heavy (non-hydrogen) atoms. The van der Waals surface area contributed by atoms with Gasteiger partial charge in [0.15, 0.2) is 11.5 Å². The highest BCUT2D eigenvalue weighted by Gasteiger charge is 2.31. The van der Waals surface area contributed by atoms with Crippen LogP contribution in [0, 0.1) is 0 Å². The molecule has 0 bridgehead atoms. The average Bonchev–Trinajstić information content (AvgIpc) is 3.11. The Morgan fingerprint density at radius 2 is 2.20 bits per heavy atom. The zero-order valence-corrected chi connectivity index (χ0v) is 11.7. The van der Waals surface area contributed by atoms with Gasteiger partial charge >= 0.3 is 0 Å². The van der Waals surface area contributed by atoms with Gasteiger partial charge in [-0.3, -0.25) is 4.40 Å².